The second kappa shape index (κ2) is 7.90. The number of fused-ring (bicyclic) bond motifs is 3. The molecule has 3 N–H and O–H groups in total. The number of thioether (sulfide) groups is 1. The van der Waals surface area contributed by atoms with E-state index in [4.69, 9.17) is 18.0 Å². The fourth-order valence-electron chi connectivity index (χ4n) is 4.19. The summed E-state index contributed by atoms with van der Waals surface area (Å²) >= 11 is 6.79. The molecular formula is C21H23N3OS2. The standard InChI is InChI=1S/C21H23N3OS2/c22-21(26)24(19-11-14-8-9-16(19)10-14)23-20(25)13-27-12-17-6-3-5-15-4-1-2-7-18(15)17/h1-9,14,16,19H,10-13H2,(H2,22,26)(H,23,25). The molecule has 1 fully saturated rings. The molecule has 0 aromatic heterocycles. The second-order valence-electron chi connectivity index (χ2n) is 7.22. The van der Waals surface area contributed by atoms with Gasteiger partial charge in [-0.1, -0.05) is 54.6 Å². The predicted octanol–water partition coefficient (Wildman–Crippen LogP) is 3.61. The van der Waals surface area contributed by atoms with E-state index in [0.717, 1.165) is 18.6 Å². The smallest absolute Gasteiger partial charge is 0.248 e. The van der Waals surface area contributed by atoms with E-state index in [1.54, 1.807) is 16.8 Å². The zero-order chi connectivity index (χ0) is 18.8. The largest absolute Gasteiger partial charge is 0.375 e. The van der Waals surface area contributed by atoms with E-state index in [1.807, 2.05) is 12.1 Å². The van der Waals surface area contributed by atoms with Gasteiger partial charge in [-0.3, -0.25) is 15.2 Å². The molecule has 1 saturated carbocycles. The first-order valence-corrected chi connectivity index (χ1v) is 10.8. The Bertz CT molecular complexity index is 893. The van der Waals surface area contributed by atoms with Gasteiger partial charge < -0.3 is 5.73 Å². The van der Waals surface area contributed by atoms with Gasteiger partial charge in [0, 0.05) is 5.75 Å². The Hall–Kier alpha value is -2.05. The molecule has 0 radical (unpaired) electrons. The maximum absolute atomic E-state index is 12.5. The highest BCUT2D eigenvalue weighted by Gasteiger charge is 2.40. The normalized spacial score (nSPS) is 22.9. The van der Waals surface area contributed by atoms with Gasteiger partial charge in [0.1, 0.15) is 0 Å². The van der Waals surface area contributed by atoms with Crippen LogP contribution in [-0.4, -0.2) is 27.8 Å². The summed E-state index contributed by atoms with van der Waals surface area (Å²) in [4.78, 5) is 12.5. The van der Waals surface area contributed by atoms with Crippen molar-refractivity contribution in [1.82, 2.24) is 10.4 Å². The molecule has 1 amide bonds. The van der Waals surface area contributed by atoms with Gasteiger partial charge in [-0.15, -0.1) is 11.8 Å². The number of carbonyl (C=O) groups excluding carboxylic acids is 1. The van der Waals surface area contributed by atoms with Crippen LogP contribution in [0.3, 0.4) is 0 Å². The average Bonchev–Trinajstić information content (AvgIpc) is 3.29. The molecule has 2 aliphatic carbocycles. The molecule has 0 saturated heterocycles. The lowest BCUT2D eigenvalue weighted by molar-refractivity contribution is -0.122. The number of hydrazine groups is 1. The number of nitrogens with two attached hydrogens (primary N) is 1. The van der Waals surface area contributed by atoms with Crippen LogP contribution in [-0.2, 0) is 10.5 Å². The Labute approximate surface area is 169 Å². The third kappa shape index (κ3) is 3.96. The number of hydrogen-bond donors (Lipinski definition) is 2. The third-order valence-electron chi connectivity index (χ3n) is 5.43. The monoisotopic (exact) mass is 397 g/mol. The van der Waals surface area contributed by atoms with Crippen molar-refractivity contribution >= 4 is 45.8 Å². The Balaban J connectivity index is 1.33. The fraction of sp³-hybridized carbons (Fsp3) is 0.333. The Kier molecular flexibility index (Phi) is 5.36. The van der Waals surface area contributed by atoms with Crippen molar-refractivity contribution in [3.05, 3.63) is 60.2 Å². The van der Waals surface area contributed by atoms with Gasteiger partial charge in [-0.25, -0.2) is 0 Å². The molecule has 0 aliphatic heterocycles. The van der Waals surface area contributed by atoms with Crippen LogP contribution in [0.2, 0.25) is 0 Å². The molecule has 0 heterocycles. The zero-order valence-electron chi connectivity index (χ0n) is 15.0. The summed E-state index contributed by atoms with van der Waals surface area (Å²) in [6.45, 7) is 0. The molecule has 2 aliphatic rings. The maximum atomic E-state index is 12.5. The lowest BCUT2D eigenvalue weighted by Gasteiger charge is -2.33. The number of amides is 1. The highest BCUT2D eigenvalue weighted by Crippen LogP contribution is 2.41. The number of thiocarbonyl (C=S) groups is 1. The summed E-state index contributed by atoms with van der Waals surface area (Å²) < 4.78 is 0. The quantitative estimate of drug-likeness (QED) is 0.458. The highest BCUT2D eigenvalue weighted by molar-refractivity contribution is 7.99. The van der Waals surface area contributed by atoms with Crippen molar-refractivity contribution in [2.75, 3.05) is 5.75 Å². The van der Waals surface area contributed by atoms with Crippen LogP contribution in [0.15, 0.2) is 54.6 Å². The predicted molar refractivity (Wildman–Crippen MR) is 116 cm³/mol. The molecule has 27 heavy (non-hydrogen) atoms. The minimum atomic E-state index is -0.0558. The van der Waals surface area contributed by atoms with Gasteiger partial charge in [0.05, 0.1) is 11.8 Å². The van der Waals surface area contributed by atoms with E-state index in [9.17, 15) is 4.79 Å². The average molecular weight is 398 g/mol. The number of carbonyl (C=O) groups is 1. The van der Waals surface area contributed by atoms with Crippen molar-refractivity contribution in [2.45, 2.75) is 24.6 Å². The number of nitrogens with zero attached hydrogens (tertiary/aromatic N) is 1. The number of rotatable bonds is 5. The molecule has 2 aromatic carbocycles. The van der Waals surface area contributed by atoms with Crippen molar-refractivity contribution in [1.29, 1.82) is 0 Å². The fourth-order valence-corrected chi connectivity index (χ4v) is 5.19. The van der Waals surface area contributed by atoms with Crippen LogP contribution in [0.5, 0.6) is 0 Å². The van der Waals surface area contributed by atoms with Crippen LogP contribution in [0, 0.1) is 11.8 Å². The molecule has 0 spiro atoms. The van der Waals surface area contributed by atoms with Gasteiger partial charge >= 0.3 is 0 Å². The number of hydrogen-bond acceptors (Lipinski definition) is 3. The summed E-state index contributed by atoms with van der Waals surface area (Å²) in [5, 5.41) is 4.42. The first-order valence-electron chi connectivity index (χ1n) is 9.22. The lowest BCUT2D eigenvalue weighted by atomic mass is 10.0. The van der Waals surface area contributed by atoms with Crippen LogP contribution < -0.4 is 11.2 Å². The third-order valence-corrected chi connectivity index (χ3v) is 6.61. The molecule has 3 unspecified atom stereocenters. The summed E-state index contributed by atoms with van der Waals surface area (Å²) in [6, 6.07) is 14.8. The van der Waals surface area contributed by atoms with Gasteiger partial charge in [-0.05, 0) is 53.2 Å². The maximum Gasteiger partial charge on any atom is 0.248 e. The molecule has 140 valence electrons. The molecular weight excluding hydrogens is 374 g/mol. The Morgan fingerprint density at radius 1 is 1.19 bits per heavy atom. The summed E-state index contributed by atoms with van der Waals surface area (Å²) in [5.74, 6) is 2.13. The SMILES string of the molecule is NC(=S)N(NC(=O)CSCc1cccc2ccccc12)C1CC2C=CC1C2. The van der Waals surface area contributed by atoms with Crippen LogP contribution in [0.1, 0.15) is 18.4 Å². The first-order chi connectivity index (χ1) is 13.1. The van der Waals surface area contributed by atoms with Gasteiger partial charge in [0.15, 0.2) is 5.11 Å². The van der Waals surface area contributed by atoms with Crippen LogP contribution in [0.25, 0.3) is 10.8 Å². The van der Waals surface area contributed by atoms with Crippen LogP contribution in [0.4, 0.5) is 0 Å². The minimum Gasteiger partial charge on any atom is -0.375 e. The number of nitrogens with one attached hydrogen (secondary N) is 1. The molecule has 6 heteroatoms. The van der Waals surface area contributed by atoms with E-state index in [-0.39, 0.29) is 17.1 Å². The van der Waals surface area contributed by atoms with Crippen molar-refractivity contribution in [2.24, 2.45) is 17.6 Å². The minimum absolute atomic E-state index is 0.0558. The first kappa shape index (κ1) is 18.3. The molecule has 2 bridgehead atoms. The molecule has 4 nitrogen and oxygen atoms in total. The second-order valence-corrected chi connectivity index (χ2v) is 8.63. The van der Waals surface area contributed by atoms with E-state index < -0.39 is 0 Å². The van der Waals surface area contributed by atoms with Crippen molar-refractivity contribution < 1.29 is 4.79 Å². The molecule has 2 aromatic rings. The zero-order valence-corrected chi connectivity index (χ0v) is 16.6. The van der Waals surface area contributed by atoms with E-state index >= 15 is 0 Å². The van der Waals surface area contributed by atoms with E-state index in [0.29, 0.717) is 17.6 Å². The number of allylic oxidation sites excluding steroid dienone is 1. The highest BCUT2D eigenvalue weighted by atomic mass is 32.2. The summed E-state index contributed by atoms with van der Waals surface area (Å²) in [7, 11) is 0. The van der Waals surface area contributed by atoms with Gasteiger partial charge in [0.2, 0.25) is 5.91 Å². The number of benzene rings is 2. The van der Waals surface area contributed by atoms with Gasteiger partial charge in [-0.2, -0.15) is 0 Å². The van der Waals surface area contributed by atoms with Crippen molar-refractivity contribution in [3.63, 3.8) is 0 Å². The van der Waals surface area contributed by atoms with Gasteiger partial charge in [0.25, 0.3) is 0 Å². The lowest BCUT2D eigenvalue weighted by Crippen LogP contribution is -2.55. The Morgan fingerprint density at radius 2 is 2.00 bits per heavy atom. The van der Waals surface area contributed by atoms with E-state index in [1.165, 1.54) is 16.3 Å². The summed E-state index contributed by atoms with van der Waals surface area (Å²) in [5.41, 5.74) is 10.1. The van der Waals surface area contributed by atoms with Crippen LogP contribution >= 0.6 is 24.0 Å². The molecule has 3 atom stereocenters. The van der Waals surface area contributed by atoms with Crippen molar-refractivity contribution in [3.8, 4) is 0 Å². The Morgan fingerprint density at radius 3 is 2.74 bits per heavy atom. The summed E-state index contributed by atoms with van der Waals surface area (Å²) in [6.07, 6.45) is 6.63. The molecule has 4 rings (SSSR count). The van der Waals surface area contributed by atoms with E-state index in [2.05, 4.69) is 47.9 Å². The topological polar surface area (TPSA) is 58.4 Å².